The van der Waals surface area contributed by atoms with Gasteiger partial charge in [0.2, 0.25) is 0 Å². The zero-order valence-electron chi connectivity index (χ0n) is 15.0. The van der Waals surface area contributed by atoms with Gasteiger partial charge in [-0.15, -0.1) is 0 Å². The zero-order valence-corrected chi connectivity index (χ0v) is 15.8. The van der Waals surface area contributed by atoms with Gasteiger partial charge in [0.25, 0.3) is 5.91 Å². The highest BCUT2D eigenvalue weighted by Crippen LogP contribution is 2.30. The lowest BCUT2D eigenvalue weighted by Gasteiger charge is -2.09. The van der Waals surface area contributed by atoms with Crippen molar-refractivity contribution in [2.75, 3.05) is 5.32 Å². The van der Waals surface area contributed by atoms with Gasteiger partial charge in [-0.05, 0) is 62.4 Å². The highest BCUT2D eigenvalue weighted by atomic mass is 35.5. The number of carbonyl (C=O) groups excluding carboxylic acids is 1. The average molecular weight is 376 g/mol. The van der Waals surface area contributed by atoms with E-state index in [-0.39, 0.29) is 5.91 Å². The average Bonchev–Trinajstić information content (AvgIpc) is 3.00. The van der Waals surface area contributed by atoms with Gasteiger partial charge in [-0.25, -0.2) is 4.98 Å². The van der Waals surface area contributed by atoms with Crippen molar-refractivity contribution in [1.82, 2.24) is 9.38 Å². The first-order valence-electron chi connectivity index (χ1n) is 8.64. The molecule has 4 aromatic rings. The molecule has 0 bridgehead atoms. The van der Waals surface area contributed by atoms with E-state index in [1.54, 1.807) is 24.3 Å². The number of hydrogen-bond acceptors (Lipinski definition) is 2. The van der Waals surface area contributed by atoms with Crippen LogP contribution in [0.1, 0.15) is 21.5 Å². The van der Waals surface area contributed by atoms with Gasteiger partial charge < -0.3 is 5.32 Å². The van der Waals surface area contributed by atoms with E-state index in [0.29, 0.717) is 16.4 Å². The van der Waals surface area contributed by atoms with Crippen LogP contribution in [0.5, 0.6) is 0 Å². The Morgan fingerprint density at radius 3 is 2.41 bits per heavy atom. The number of imidazole rings is 1. The summed E-state index contributed by atoms with van der Waals surface area (Å²) in [7, 11) is 0. The van der Waals surface area contributed by atoms with Crippen LogP contribution in [-0.4, -0.2) is 15.3 Å². The van der Waals surface area contributed by atoms with Crippen molar-refractivity contribution in [3.63, 3.8) is 0 Å². The minimum Gasteiger partial charge on any atom is -0.306 e. The van der Waals surface area contributed by atoms with E-state index in [0.717, 1.165) is 28.0 Å². The first-order chi connectivity index (χ1) is 13.0. The minimum atomic E-state index is -0.206. The van der Waals surface area contributed by atoms with Crippen molar-refractivity contribution in [2.24, 2.45) is 0 Å². The van der Waals surface area contributed by atoms with Crippen molar-refractivity contribution >= 4 is 29.0 Å². The molecular weight excluding hydrogens is 358 g/mol. The van der Waals surface area contributed by atoms with Gasteiger partial charge in [-0.1, -0.05) is 34.9 Å². The summed E-state index contributed by atoms with van der Waals surface area (Å²) in [5, 5.41) is 3.62. The van der Waals surface area contributed by atoms with E-state index < -0.39 is 0 Å². The molecule has 2 aromatic heterocycles. The number of carbonyl (C=O) groups is 1. The maximum Gasteiger partial charge on any atom is 0.256 e. The summed E-state index contributed by atoms with van der Waals surface area (Å²) >= 11 is 5.93. The van der Waals surface area contributed by atoms with Crippen LogP contribution in [0, 0.1) is 13.8 Å². The molecule has 134 valence electrons. The van der Waals surface area contributed by atoms with Crippen LogP contribution in [-0.2, 0) is 0 Å². The Balaban J connectivity index is 1.83. The Hall–Kier alpha value is -3.11. The van der Waals surface area contributed by atoms with Crippen LogP contribution in [0.25, 0.3) is 16.9 Å². The van der Waals surface area contributed by atoms with E-state index >= 15 is 0 Å². The second-order valence-electron chi connectivity index (χ2n) is 6.58. The lowest BCUT2D eigenvalue weighted by atomic mass is 10.0. The lowest BCUT2D eigenvalue weighted by molar-refractivity contribution is 0.102. The molecule has 27 heavy (non-hydrogen) atoms. The number of rotatable bonds is 3. The molecule has 0 unspecified atom stereocenters. The van der Waals surface area contributed by atoms with Gasteiger partial charge in [0.15, 0.2) is 0 Å². The number of aryl methyl sites for hydroxylation is 2. The summed E-state index contributed by atoms with van der Waals surface area (Å²) in [4.78, 5) is 17.5. The fourth-order valence-corrected chi connectivity index (χ4v) is 3.33. The first kappa shape index (κ1) is 17.3. The number of benzene rings is 2. The molecule has 0 aliphatic rings. The Morgan fingerprint density at radius 1 is 1.00 bits per heavy atom. The molecule has 0 atom stereocenters. The van der Waals surface area contributed by atoms with Gasteiger partial charge in [-0.2, -0.15) is 0 Å². The highest BCUT2D eigenvalue weighted by Gasteiger charge is 2.17. The first-order valence-corrected chi connectivity index (χ1v) is 9.02. The normalized spacial score (nSPS) is 10.9. The van der Waals surface area contributed by atoms with Crippen molar-refractivity contribution in [3.8, 4) is 11.3 Å². The Bertz CT molecular complexity index is 1130. The van der Waals surface area contributed by atoms with Gasteiger partial charge in [0, 0.05) is 22.3 Å². The van der Waals surface area contributed by atoms with E-state index in [2.05, 4.69) is 37.4 Å². The van der Waals surface area contributed by atoms with E-state index in [4.69, 9.17) is 16.6 Å². The summed E-state index contributed by atoms with van der Waals surface area (Å²) in [6, 6.07) is 18.9. The monoisotopic (exact) mass is 375 g/mol. The summed E-state index contributed by atoms with van der Waals surface area (Å²) in [6.07, 6.45) is 1.89. The van der Waals surface area contributed by atoms with Gasteiger partial charge in [-0.3, -0.25) is 9.20 Å². The number of fused-ring (bicyclic) bond motifs is 1. The van der Waals surface area contributed by atoms with Gasteiger partial charge >= 0.3 is 0 Å². The number of nitrogens with zero attached hydrogens (tertiary/aromatic N) is 2. The van der Waals surface area contributed by atoms with Crippen molar-refractivity contribution in [3.05, 3.63) is 88.6 Å². The molecule has 5 heteroatoms. The molecule has 0 aliphatic heterocycles. The fourth-order valence-electron chi connectivity index (χ4n) is 3.21. The molecule has 4 rings (SSSR count). The van der Waals surface area contributed by atoms with Crippen LogP contribution < -0.4 is 5.32 Å². The SMILES string of the molecule is Cc1cc(C)cc(-c2nc3ccccn3c2NC(=O)c2ccc(Cl)cc2)c1. The molecule has 1 amide bonds. The second-order valence-corrected chi connectivity index (χ2v) is 7.01. The summed E-state index contributed by atoms with van der Waals surface area (Å²) < 4.78 is 1.89. The third-order valence-electron chi connectivity index (χ3n) is 4.36. The Labute approximate surface area is 162 Å². The molecule has 0 saturated carbocycles. The van der Waals surface area contributed by atoms with E-state index in [1.165, 1.54) is 0 Å². The number of pyridine rings is 1. The lowest BCUT2D eigenvalue weighted by Crippen LogP contribution is -2.14. The third-order valence-corrected chi connectivity index (χ3v) is 4.62. The molecule has 0 saturated heterocycles. The third kappa shape index (κ3) is 3.44. The molecule has 2 heterocycles. The second kappa shape index (κ2) is 6.89. The predicted molar refractivity (Wildman–Crippen MR) is 110 cm³/mol. The van der Waals surface area contributed by atoms with Crippen LogP contribution in [0.2, 0.25) is 5.02 Å². The topological polar surface area (TPSA) is 46.4 Å². The van der Waals surface area contributed by atoms with E-state index in [1.807, 2.05) is 28.8 Å². The smallest absolute Gasteiger partial charge is 0.256 e. The molecule has 0 aliphatic carbocycles. The largest absolute Gasteiger partial charge is 0.306 e. The molecule has 4 nitrogen and oxygen atoms in total. The van der Waals surface area contributed by atoms with E-state index in [9.17, 15) is 4.79 Å². The van der Waals surface area contributed by atoms with Crippen LogP contribution in [0.3, 0.4) is 0 Å². The zero-order chi connectivity index (χ0) is 19.0. The van der Waals surface area contributed by atoms with Crippen LogP contribution >= 0.6 is 11.6 Å². The number of aromatic nitrogens is 2. The van der Waals surface area contributed by atoms with Gasteiger partial charge in [0.05, 0.1) is 0 Å². The van der Waals surface area contributed by atoms with Crippen molar-refractivity contribution in [1.29, 1.82) is 0 Å². The number of amides is 1. The maximum atomic E-state index is 12.8. The molecular formula is C22H18ClN3O. The molecule has 2 aromatic carbocycles. The quantitative estimate of drug-likeness (QED) is 0.512. The predicted octanol–water partition coefficient (Wildman–Crippen LogP) is 5.52. The fraction of sp³-hybridized carbons (Fsp3) is 0.0909. The minimum absolute atomic E-state index is 0.206. The number of hydrogen-bond donors (Lipinski definition) is 1. The maximum absolute atomic E-state index is 12.8. The number of anilines is 1. The summed E-state index contributed by atoms with van der Waals surface area (Å²) in [6.45, 7) is 4.11. The molecule has 0 fully saturated rings. The molecule has 0 radical (unpaired) electrons. The van der Waals surface area contributed by atoms with Crippen molar-refractivity contribution in [2.45, 2.75) is 13.8 Å². The Morgan fingerprint density at radius 2 is 1.70 bits per heavy atom. The van der Waals surface area contributed by atoms with Crippen LogP contribution in [0.4, 0.5) is 5.82 Å². The summed E-state index contributed by atoms with van der Waals surface area (Å²) in [5.41, 5.74) is 5.33. The standard InChI is InChI=1S/C22H18ClN3O/c1-14-11-15(2)13-17(12-14)20-21(26-10-4-3-5-19(26)24-20)25-22(27)16-6-8-18(23)9-7-16/h3-13H,1-2H3,(H,25,27). The van der Waals surface area contributed by atoms with Gasteiger partial charge in [0.1, 0.15) is 17.2 Å². The Kier molecular flexibility index (Phi) is 4.42. The summed E-state index contributed by atoms with van der Waals surface area (Å²) in [5.74, 6) is 0.443. The molecule has 1 N–H and O–H groups in total. The van der Waals surface area contributed by atoms with Crippen molar-refractivity contribution < 1.29 is 4.79 Å². The number of nitrogens with one attached hydrogen (secondary N) is 1. The highest BCUT2D eigenvalue weighted by molar-refractivity contribution is 6.30. The molecule has 0 spiro atoms. The van der Waals surface area contributed by atoms with Crippen LogP contribution in [0.15, 0.2) is 66.9 Å². The number of halogens is 1.